The van der Waals surface area contributed by atoms with Gasteiger partial charge in [0.1, 0.15) is 5.60 Å². The highest BCUT2D eigenvalue weighted by Crippen LogP contribution is 2.24. The molecule has 0 aliphatic carbocycles. The molecule has 1 aliphatic rings. The molecular weight excluding hydrogens is 380 g/mol. The van der Waals surface area contributed by atoms with Gasteiger partial charge in [-0.05, 0) is 61.3 Å². The Hall–Kier alpha value is -0.780. The van der Waals surface area contributed by atoms with Gasteiger partial charge in [0.2, 0.25) is 0 Å². The molecule has 0 spiro atoms. The van der Waals surface area contributed by atoms with Crippen molar-refractivity contribution in [2.45, 2.75) is 45.9 Å². The number of benzene rings is 1. The second kappa shape index (κ2) is 7.41. The number of carbonyl (C=O) groups is 1. The number of rotatable bonds is 2. The highest BCUT2D eigenvalue weighted by molar-refractivity contribution is 9.10. The maximum absolute atomic E-state index is 12.2. The minimum Gasteiger partial charge on any atom is -0.444 e. The lowest BCUT2D eigenvalue weighted by Crippen LogP contribution is -2.54. The zero-order valence-electron chi connectivity index (χ0n) is 14.1. The first-order valence-electron chi connectivity index (χ1n) is 7.81. The molecule has 1 aliphatic heterocycles. The van der Waals surface area contributed by atoms with Gasteiger partial charge in [0.15, 0.2) is 0 Å². The quantitative estimate of drug-likeness (QED) is 0.726. The molecule has 1 saturated heterocycles. The molecule has 0 aromatic heterocycles. The van der Waals surface area contributed by atoms with Gasteiger partial charge in [-0.15, -0.1) is 0 Å². The number of amides is 1. The van der Waals surface area contributed by atoms with Crippen molar-refractivity contribution in [1.82, 2.24) is 9.80 Å². The predicted octanol–water partition coefficient (Wildman–Crippen LogP) is 4.54. The Morgan fingerprint density at radius 3 is 2.65 bits per heavy atom. The third-order valence-electron chi connectivity index (χ3n) is 3.73. The number of hydrogen-bond acceptors (Lipinski definition) is 3. The van der Waals surface area contributed by atoms with Gasteiger partial charge in [-0.2, -0.15) is 0 Å². The maximum Gasteiger partial charge on any atom is 0.410 e. The smallest absolute Gasteiger partial charge is 0.410 e. The monoisotopic (exact) mass is 402 g/mol. The van der Waals surface area contributed by atoms with Crippen molar-refractivity contribution in [2.24, 2.45) is 0 Å². The molecule has 0 N–H and O–H groups in total. The molecule has 0 bridgehead atoms. The van der Waals surface area contributed by atoms with Crippen LogP contribution in [0.15, 0.2) is 22.7 Å². The summed E-state index contributed by atoms with van der Waals surface area (Å²) in [5.74, 6) is 0. The molecule has 1 atom stereocenters. The van der Waals surface area contributed by atoms with Crippen molar-refractivity contribution >= 4 is 33.6 Å². The molecule has 2 rings (SSSR count). The zero-order chi connectivity index (χ0) is 17.2. The molecule has 6 heteroatoms. The van der Waals surface area contributed by atoms with Crippen LogP contribution in [0, 0.1) is 0 Å². The van der Waals surface area contributed by atoms with Gasteiger partial charge < -0.3 is 9.64 Å². The Morgan fingerprint density at radius 2 is 2.09 bits per heavy atom. The SMILES string of the molecule is CC1CN(Cc2ccc(Br)c(Cl)c2)CCN1C(=O)OC(C)(C)C. The van der Waals surface area contributed by atoms with E-state index in [4.69, 9.17) is 16.3 Å². The van der Waals surface area contributed by atoms with E-state index in [2.05, 4.69) is 33.8 Å². The number of piperazine rings is 1. The van der Waals surface area contributed by atoms with Gasteiger partial charge in [0, 0.05) is 36.7 Å². The van der Waals surface area contributed by atoms with E-state index in [1.807, 2.05) is 37.8 Å². The zero-order valence-corrected chi connectivity index (χ0v) is 16.4. The van der Waals surface area contributed by atoms with E-state index in [0.717, 1.165) is 29.1 Å². The lowest BCUT2D eigenvalue weighted by molar-refractivity contribution is 0.000564. The van der Waals surface area contributed by atoms with E-state index in [1.165, 1.54) is 5.56 Å². The van der Waals surface area contributed by atoms with Crippen LogP contribution in [0.2, 0.25) is 5.02 Å². The van der Waals surface area contributed by atoms with Crippen LogP contribution in [0.4, 0.5) is 4.79 Å². The summed E-state index contributed by atoms with van der Waals surface area (Å²) in [6, 6.07) is 6.15. The van der Waals surface area contributed by atoms with Crippen molar-refractivity contribution in [2.75, 3.05) is 19.6 Å². The van der Waals surface area contributed by atoms with Crippen LogP contribution in [0.3, 0.4) is 0 Å². The van der Waals surface area contributed by atoms with Crippen LogP contribution in [0.1, 0.15) is 33.3 Å². The van der Waals surface area contributed by atoms with E-state index in [9.17, 15) is 4.79 Å². The van der Waals surface area contributed by atoms with Crippen molar-refractivity contribution in [3.63, 3.8) is 0 Å². The number of halogens is 2. The fraction of sp³-hybridized carbons (Fsp3) is 0.588. The van der Waals surface area contributed by atoms with Crippen molar-refractivity contribution in [1.29, 1.82) is 0 Å². The fourth-order valence-electron chi connectivity index (χ4n) is 2.66. The fourth-order valence-corrected chi connectivity index (χ4v) is 3.11. The van der Waals surface area contributed by atoms with Crippen LogP contribution < -0.4 is 0 Å². The van der Waals surface area contributed by atoms with Crippen LogP contribution >= 0.6 is 27.5 Å². The number of nitrogens with zero attached hydrogens (tertiary/aromatic N) is 2. The molecule has 1 heterocycles. The van der Waals surface area contributed by atoms with E-state index >= 15 is 0 Å². The van der Waals surface area contributed by atoms with Crippen LogP contribution in [-0.2, 0) is 11.3 Å². The molecule has 0 saturated carbocycles. The highest BCUT2D eigenvalue weighted by Gasteiger charge is 2.30. The molecule has 1 aromatic rings. The first kappa shape index (κ1) is 18.6. The standard InChI is InChI=1S/C17H24BrClN2O2/c1-12-10-20(11-13-5-6-14(18)15(19)9-13)7-8-21(12)16(22)23-17(2,3)4/h5-6,9,12H,7-8,10-11H2,1-4H3. The second-order valence-electron chi connectivity index (χ2n) is 7.01. The molecule has 128 valence electrons. The van der Waals surface area contributed by atoms with Gasteiger partial charge >= 0.3 is 6.09 Å². The largest absolute Gasteiger partial charge is 0.444 e. The minimum absolute atomic E-state index is 0.129. The van der Waals surface area contributed by atoms with Gasteiger partial charge in [0.25, 0.3) is 0 Å². The first-order valence-corrected chi connectivity index (χ1v) is 8.99. The highest BCUT2D eigenvalue weighted by atomic mass is 79.9. The summed E-state index contributed by atoms with van der Waals surface area (Å²) in [6.45, 7) is 10.9. The summed E-state index contributed by atoms with van der Waals surface area (Å²) in [5.41, 5.74) is 0.721. The molecular formula is C17H24BrClN2O2. The van der Waals surface area contributed by atoms with Crippen LogP contribution in [-0.4, -0.2) is 47.2 Å². The van der Waals surface area contributed by atoms with Crippen molar-refractivity contribution in [3.05, 3.63) is 33.3 Å². The summed E-state index contributed by atoms with van der Waals surface area (Å²) in [5, 5.41) is 0.725. The lowest BCUT2D eigenvalue weighted by atomic mass is 10.1. The van der Waals surface area contributed by atoms with Gasteiger partial charge in [-0.25, -0.2) is 4.79 Å². The Bertz CT molecular complexity index is 574. The average Bonchev–Trinajstić information content (AvgIpc) is 2.41. The number of carbonyl (C=O) groups excluding carboxylic acids is 1. The normalized spacial score (nSPS) is 19.7. The van der Waals surface area contributed by atoms with Crippen LogP contribution in [0.25, 0.3) is 0 Å². The van der Waals surface area contributed by atoms with Gasteiger partial charge in [0.05, 0.1) is 5.02 Å². The molecule has 1 fully saturated rings. The van der Waals surface area contributed by atoms with Crippen molar-refractivity contribution in [3.8, 4) is 0 Å². The van der Waals surface area contributed by atoms with Crippen LogP contribution in [0.5, 0.6) is 0 Å². The third kappa shape index (κ3) is 5.37. The van der Waals surface area contributed by atoms with Crippen molar-refractivity contribution < 1.29 is 9.53 Å². The third-order valence-corrected chi connectivity index (χ3v) is 4.96. The Balaban J connectivity index is 1.93. The summed E-state index contributed by atoms with van der Waals surface area (Å²) in [7, 11) is 0. The predicted molar refractivity (Wildman–Crippen MR) is 96.8 cm³/mol. The molecule has 0 radical (unpaired) electrons. The number of ether oxygens (including phenoxy) is 1. The van der Waals surface area contributed by atoms with E-state index in [-0.39, 0.29) is 12.1 Å². The van der Waals surface area contributed by atoms with E-state index in [0.29, 0.717) is 6.54 Å². The average molecular weight is 404 g/mol. The Kier molecular flexibility index (Phi) is 5.98. The molecule has 4 nitrogen and oxygen atoms in total. The lowest BCUT2D eigenvalue weighted by Gasteiger charge is -2.40. The molecule has 1 aromatic carbocycles. The summed E-state index contributed by atoms with van der Waals surface area (Å²) >= 11 is 9.56. The minimum atomic E-state index is -0.456. The van der Waals surface area contributed by atoms with E-state index in [1.54, 1.807) is 0 Å². The summed E-state index contributed by atoms with van der Waals surface area (Å²) in [6.07, 6.45) is -0.226. The second-order valence-corrected chi connectivity index (χ2v) is 8.27. The van der Waals surface area contributed by atoms with E-state index < -0.39 is 5.60 Å². The summed E-state index contributed by atoms with van der Waals surface area (Å²) in [4.78, 5) is 16.4. The topological polar surface area (TPSA) is 32.8 Å². The van der Waals surface area contributed by atoms with Gasteiger partial charge in [-0.1, -0.05) is 17.7 Å². The molecule has 1 amide bonds. The molecule has 23 heavy (non-hydrogen) atoms. The summed E-state index contributed by atoms with van der Waals surface area (Å²) < 4.78 is 6.38. The maximum atomic E-state index is 12.2. The Labute approximate surface area is 151 Å². The van der Waals surface area contributed by atoms with Gasteiger partial charge in [-0.3, -0.25) is 4.90 Å². The number of hydrogen-bond donors (Lipinski definition) is 0. The Morgan fingerprint density at radius 1 is 1.39 bits per heavy atom. The molecule has 1 unspecified atom stereocenters. The first-order chi connectivity index (χ1) is 10.7.